The normalized spacial score (nSPS) is 11.5. The van der Waals surface area contributed by atoms with E-state index in [0.29, 0.717) is 17.5 Å². The summed E-state index contributed by atoms with van der Waals surface area (Å²) >= 11 is 1.20. The third kappa shape index (κ3) is 5.94. The fourth-order valence-corrected chi connectivity index (χ4v) is 2.68. The molecule has 0 aliphatic heterocycles. The summed E-state index contributed by atoms with van der Waals surface area (Å²) in [5.74, 6) is 0.179. The Bertz CT molecular complexity index is 870. The van der Waals surface area contributed by atoms with Crippen LogP contribution in [0.15, 0.2) is 22.7 Å². The smallest absolute Gasteiger partial charge is 0.316 e. The standard InChI is InChI=1S/C16H18N4O7S/c1-9(26-15(21)8-28-7-14-17-10(2)27-19-14)16(22)18-12-5-4-11(25-3)6-13(12)20(23)24/h4-6,9H,7-8H2,1-3H3,(H,18,22). The Morgan fingerprint density at radius 3 is 2.79 bits per heavy atom. The number of nitrogens with one attached hydrogen (secondary N) is 1. The van der Waals surface area contributed by atoms with Crippen molar-refractivity contribution in [2.24, 2.45) is 0 Å². The summed E-state index contributed by atoms with van der Waals surface area (Å²) in [6, 6.07) is 3.99. The summed E-state index contributed by atoms with van der Waals surface area (Å²) in [7, 11) is 1.37. The Morgan fingerprint density at radius 1 is 1.43 bits per heavy atom. The number of hydrogen-bond donors (Lipinski definition) is 1. The van der Waals surface area contributed by atoms with Crippen LogP contribution in [0.1, 0.15) is 18.6 Å². The Kier molecular flexibility index (Phi) is 7.32. The van der Waals surface area contributed by atoms with Crippen LogP contribution in [-0.2, 0) is 20.1 Å². The molecule has 0 aliphatic rings. The van der Waals surface area contributed by atoms with Crippen LogP contribution in [0, 0.1) is 17.0 Å². The molecule has 12 heteroatoms. The van der Waals surface area contributed by atoms with E-state index in [1.165, 1.54) is 44.0 Å². The van der Waals surface area contributed by atoms with Crippen LogP contribution in [-0.4, -0.2) is 45.9 Å². The summed E-state index contributed by atoms with van der Waals surface area (Å²) in [5, 5.41) is 17.2. The number of methoxy groups -OCH3 is 1. The number of nitro groups is 1. The van der Waals surface area contributed by atoms with Gasteiger partial charge in [-0.1, -0.05) is 5.16 Å². The molecule has 0 saturated heterocycles. The predicted octanol–water partition coefficient (Wildman–Crippen LogP) is 2.10. The van der Waals surface area contributed by atoms with Crippen molar-refractivity contribution in [2.45, 2.75) is 25.7 Å². The van der Waals surface area contributed by atoms with Crippen molar-refractivity contribution < 1.29 is 28.5 Å². The van der Waals surface area contributed by atoms with Gasteiger partial charge in [-0.2, -0.15) is 4.98 Å². The predicted molar refractivity (Wildman–Crippen MR) is 99.0 cm³/mol. The second-order valence-corrected chi connectivity index (χ2v) is 6.47. The monoisotopic (exact) mass is 410 g/mol. The molecule has 0 radical (unpaired) electrons. The zero-order valence-electron chi connectivity index (χ0n) is 15.3. The maximum atomic E-state index is 12.2. The van der Waals surface area contributed by atoms with Gasteiger partial charge in [-0.05, 0) is 19.1 Å². The molecular weight excluding hydrogens is 392 g/mol. The number of thioether (sulfide) groups is 1. The highest BCUT2D eigenvalue weighted by molar-refractivity contribution is 7.99. The largest absolute Gasteiger partial charge is 0.496 e. The highest BCUT2D eigenvalue weighted by Crippen LogP contribution is 2.29. The zero-order chi connectivity index (χ0) is 20.7. The third-order valence-electron chi connectivity index (χ3n) is 3.36. The molecule has 1 unspecified atom stereocenters. The first-order chi connectivity index (χ1) is 13.3. The van der Waals surface area contributed by atoms with Gasteiger partial charge in [-0.15, -0.1) is 11.8 Å². The molecular formula is C16H18N4O7S. The molecule has 0 aliphatic carbocycles. The molecule has 0 saturated carbocycles. The fourth-order valence-electron chi connectivity index (χ4n) is 2.04. The van der Waals surface area contributed by atoms with E-state index in [9.17, 15) is 19.7 Å². The molecule has 0 bridgehead atoms. The first kappa shape index (κ1) is 21.2. The minimum absolute atomic E-state index is 0.0199. The van der Waals surface area contributed by atoms with Gasteiger partial charge in [0.1, 0.15) is 11.4 Å². The van der Waals surface area contributed by atoms with Crippen molar-refractivity contribution in [3.8, 4) is 5.75 Å². The Hall–Kier alpha value is -3.15. The van der Waals surface area contributed by atoms with E-state index in [1.807, 2.05) is 0 Å². The molecule has 1 aromatic heterocycles. The average molecular weight is 410 g/mol. The minimum atomic E-state index is -1.14. The second kappa shape index (κ2) is 9.69. The Labute approximate surface area is 163 Å². The van der Waals surface area contributed by atoms with Crippen LogP contribution in [0.25, 0.3) is 0 Å². The van der Waals surface area contributed by atoms with Crippen molar-refractivity contribution in [1.29, 1.82) is 0 Å². The number of benzene rings is 1. The van der Waals surface area contributed by atoms with E-state index in [0.717, 1.165) is 0 Å². The molecule has 1 atom stereocenters. The van der Waals surface area contributed by atoms with E-state index in [4.69, 9.17) is 14.0 Å². The minimum Gasteiger partial charge on any atom is -0.496 e. The van der Waals surface area contributed by atoms with Crippen LogP contribution < -0.4 is 10.1 Å². The first-order valence-corrected chi connectivity index (χ1v) is 9.15. The summed E-state index contributed by atoms with van der Waals surface area (Å²) in [6.45, 7) is 3.03. The number of carbonyl (C=O) groups is 2. The van der Waals surface area contributed by atoms with Crippen LogP contribution in [0.2, 0.25) is 0 Å². The lowest BCUT2D eigenvalue weighted by atomic mass is 10.2. The Balaban J connectivity index is 1.86. The van der Waals surface area contributed by atoms with E-state index >= 15 is 0 Å². The van der Waals surface area contributed by atoms with Crippen molar-refractivity contribution in [3.05, 3.63) is 40.0 Å². The van der Waals surface area contributed by atoms with E-state index in [-0.39, 0.29) is 22.9 Å². The highest BCUT2D eigenvalue weighted by Gasteiger charge is 2.22. The number of rotatable bonds is 9. The molecule has 0 spiro atoms. The fraction of sp³-hybridized carbons (Fsp3) is 0.375. The maximum absolute atomic E-state index is 12.2. The molecule has 0 fully saturated rings. The van der Waals surface area contributed by atoms with E-state index in [1.54, 1.807) is 6.92 Å². The molecule has 2 aromatic rings. The number of carbonyl (C=O) groups excluding carboxylic acids is 2. The van der Waals surface area contributed by atoms with Gasteiger partial charge in [0, 0.05) is 6.92 Å². The van der Waals surface area contributed by atoms with Crippen LogP contribution in [0.3, 0.4) is 0 Å². The van der Waals surface area contributed by atoms with E-state index < -0.39 is 22.9 Å². The third-order valence-corrected chi connectivity index (χ3v) is 4.26. The average Bonchev–Trinajstić information content (AvgIpc) is 3.06. The number of anilines is 1. The van der Waals surface area contributed by atoms with Gasteiger partial charge in [-0.25, -0.2) is 0 Å². The van der Waals surface area contributed by atoms with Gasteiger partial charge in [0.15, 0.2) is 11.9 Å². The number of esters is 1. The van der Waals surface area contributed by atoms with Crippen LogP contribution >= 0.6 is 11.8 Å². The second-order valence-electron chi connectivity index (χ2n) is 5.48. The summed E-state index contributed by atoms with van der Waals surface area (Å²) in [4.78, 5) is 38.5. The first-order valence-electron chi connectivity index (χ1n) is 8.00. The summed E-state index contributed by atoms with van der Waals surface area (Å²) in [6.07, 6.45) is -1.14. The molecule has 150 valence electrons. The number of nitro benzene ring substituents is 1. The Morgan fingerprint density at radius 2 is 2.18 bits per heavy atom. The molecule has 2 rings (SSSR count). The SMILES string of the molecule is COc1ccc(NC(=O)C(C)OC(=O)CSCc2noc(C)n2)c([N+](=O)[O-])c1. The maximum Gasteiger partial charge on any atom is 0.316 e. The number of ether oxygens (including phenoxy) is 2. The number of aryl methyl sites for hydroxylation is 1. The zero-order valence-corrected chi connectivity index (χ0v) is 16.1. The van der Waals surface area contributed by atoms with Crippen LogP contribution in [0.4, 0.5) is 11.4 Å². The highest BCUT2D eigenvalue weighted by atomic mass is 32.2. The van der Waals surface area contributed by atoms with Gasteiger partial charge < -0.3 is 19.3 Å². The van der Waals surface area contributed by atoms with Gasteiger partial charge in [0.05, 0.1) is 29.6 Å². The van der Waals surface area contributed by atoms with Gasteiger partial charge in [0.25, 0.3) is 11.6 Å². The van der Waals surface area contributed by atoms with E-state index in [2.05, 4.69) is 15.5 Å². The number of nitrogens with zero attached hydrogens (tertiary/aromatic N) is 3. The van der Waals surface area contributed by atoms with Gasteiger partial charge in [-0.3, -0.25) is 19.7 Å². The van der Waals surface area contributed by atoms with Crippen molar-refractivity contribution in [2.75, 3.05) is 18.2 Å². The summed E-state index contributed by atoms with van der Waals surface area (Å²) < 4.78 is 14.8. The lowest BCUT2D eigenvalue weighted by Crippen LogP contribution is -2.30. The van der Waals surface area contributed by atoms with Gasteiger partial charge in [0.2, 0.25) is 5.89 Å². The molecule has 11 nitrogen and oxygen atoms in total. The number of aromatic nitrogens is 2. The molecule has 1 amide bonds. The topological polar surface area (TPSA) is 147 Å². The molecule has 1 aromatic carbocycles. The molecule has 1 heterocycles. The quantitative estimate of drug-likeness (QED) is 0.370. The van der Waals surface area contributed by atoms with Crippen molar-refractivity contribution >= 4 is 35.0 Å². The molecule has 28 heavy (non-hydrogen) atoms. The number of amides is 1. The van der Waals surface area contributed by atoms with Gasteiger partial charge >= 0.3 is 5.97 Å². The lowest BCUT2D eigenvalue weighted by molar-refractivity contribution is -0.384. The van der Waals surface area contributed by atoms with Crippen molar-refractivity contribution in [3.63, 3.8) is 0 Å². The van der Waals surface area contributed by atoms with Crippen LogP contribution in [0.5, 0.6) is 5.75 Å². The molecule has 1 N–H and O–H groups in total. The van der Waals surface area contributed by atoms with Crippen molar-refractivity contribution in [1.82, 2.24) is 10.1 Å². The summed E-state index contributed by atoms with van der Waals surface area (Å²) in [5.41, 5.74) is -0.363. The lowest BCUT2D eigenvalue weighted by Gasteiger charge is -2.13. The number of hydrogen-bond acceptors (Lipinski definition) is 10.